The molecule has 0 spiro atoms. The highest BCUT2D eigenvalue weighted by molar-refractivity contribution is 7.08. The molecule has 128 valence electrons. The van der Waals surface area contributed by atoms with Gasteiger partial charge in [-0.3, -0.25) is 4.79 Å². The van der Waals surface area contributed by atoms with E-state index in [1.165, 1.54) is 11.5 Å². The van der Waals surface area contributed by atoms with Gasteiger partial charge in [0.15, 0.2) is 0 Å². The minimum absolute atomic E-state index is 0.131. The Morgan fingerprint density at radius 3 is 2.20 bits per heavy atom. The SMILES string of the molecule is COc1ccc(CNC(=O)c2cc(-c3ccc(OC)cc3)ns2)cc1. The van der Waals surface area contributed by atoms with Crippen molar-refractivity contribution >= 4 is 17.4 Å². The van der Waals surface area contributed by atoms with E-state index in [-0.39, 0.29) is 5.91 Å². The number of nitrogens with zero attached hydrogens (tertiary/aromatic N) is 1. The van der Waals surface area contributed by atoms with Crippen molar-refractivity contribution in [3.63, 3.8) is 0 Å². The highest BCUT2D eigenvalue weighted by Gasteiger charge is 2.11. The van der Waals surface area contributed by atoms with Crippen molar-refractivity contribution in [1.29, 1.82) is 0 Å². The zero-order chi connectivity index (χ0) is 17.6. The van der Waals surface area contributed by atoms with Crippen LogP contribution in [0.4, 0.5) is 0 Å². The molecular weight excluding hydrogens is 336 g/mol. The van der Waals surface area contributed by atoms with Gasteiger partial charge in [0.1, 0.15) is 16.4 Å². The third kappa shape index (κ3) is 4.16. The highest BCUT2D eigenvalue weighted by atomic mass is 32.1. The lowest BCUT2D eigenvalue weighted by Gasteiger charge is -2.05. The first kappa shape index (κ1) is 17.0. The molecule has 25 heavy (non-hydrogen) atoms. The van der Waals surface area contributed by atoms with Gasteiger partial charge in [-0.2, -0.15) is 4.37 Å². The molecule has 0 aliphatic heterocycles. The molecule has 5 nitrogen and oxygen atoms in total. The quantitative estimate of drug-likeness (QED) is 0.732. The molecule has 0 aliphatic carbocycles. The molecule has 2 aromatic carbocycles. The second-order valence-corrected chi connectivity index (χ2v) is 6.14. The molecule has 0 aliphatic rings. The van der Waals surface area contributed by atoms with E-state index in [0.717, 1.165) is 28.3 Å². The Kier molecular flexibility index (Phi) is 5.30. The summed E-state index contributed by atoms with van der Waals surface area (Å²) in [5.74, 6) is 1.45. The van der Waals surface area contributed by atoms with Gasteiger partial charge >= 0.3 is 0 Å². The second kappa shape index (κ2) is 7.81. The lowest BCUT2D eigenvalue weighted by Crippen LogP contribution is -2.21. The van der Waals surface area contributed by atoms with Crippen LogP contribution in [-0.4, -0.2) is 24.5 Å². The van der Waals surface area contributed by atoms with Crippen LogP contribution in [-0.2, 0) is 6.54 Å². The molecule has 0 saturated carbocycles. The van der Waals surface area contributed by atoms with Gasteiger partial charge in [-0.1, -0.05) is 12.1 Å². The van der Waals surface area contributed by atoms with Gasteiger partial charge in [0.05, 0.1) is 19.9 Å². The molecule has 3 rings (SSSR count). The van der Waals surface area contributed by atoms with Crippen molar-refractivity contribution in [2.24, 2.45) is 0 Å². The van der Waals surface area contributed by atoms with Crippen molar-refractivity contribution in [2.75, 3.05) is 14.2 Å². The molecule has 0 bridgehead atoms. The van der Waals surface area contributed by atoms with E-state index >= 15 is 0 Å². The first-order valence-corrected chi connectivity index (χ1v) is 8.49. The molecule has 0 fully saturated rings. The molecule has 6 heteroatoms. The molecule has 0 radical (unpaired) electrons. The lowest BCUT2D eigenvalue weighted by molar-refractivity contribution is 0.0955. The van der Waals surface area contributed by atoms with Crippen LogP contribution < -0.4 is 14.8 Å². The molecule has 1 N–H and O–H groups in total. The van der Waals surface area contributed by atoms with Crippen molar-refractivity contribution < 1.29 is 14.3 Å². The summed E-state index contributed by atoms with van der Waals surface area (Å²) in [7, 11) is 3.25. The van der Waals surface area contributed by atoms with Crippen LogP contribution in [0, 0.1) is 0 Å². The monoisotopic (exact) mass is 354 g/mol. The average Bonchev–Trinajstić information content (AvgIpc) is 3.17. The van der Waals surface area contributed by atoms with Crippen LogP contribution in [0.25, 0.3) is 11.3 Å². The average molecular weight is 354 g/mol. The normalized spacial score (nSPS) is 10.3. The van der Waals surface area contributed by atoms with Gasteiger partial charge < -0.3 is 14.8 Å². The largest absolute Gasteiger partial charge is 0.497 e. The van der Waals surface area contributed by atoms with Crippen LogP contribution in [0.1, 0.15) is 15.2 Å². The molecular formula is C19H18N2O3S. The Morgan fingerprint density at radius 1 is 1.00 bits per heavy atom. The topological polar surface area (TPSA) is 60.5 Å². The number of hydrogen-bond acceptors (Lipinski definition) is 5. The van der Waals surface area contributed by atoms with Crippen molar-refractivity contribution in [1.82, 2.24) is 9.69 Å². The van der Waals surface area contributed by atoms with E-state index in [2.05, 4.69) is 9.69 Å². The maximum atomic E-state index is 12.3. The minimum atomic E-state index is -0.131. The van der Waals surface area contributed by atoms with Gasteiger partial charge in [-0.15, -0.1) is 0 Å². The third-order valence-electron chi connectivity index (χ3n) is 3.73. The Morgan fingerprint density at radius 2 is 1.60 bits per heavy atom. The Balaban J connectivity index is 1.63. The number of methoxy groups -OCH3 is 2. The first-order valence-electron chi connectivity index (χ1n) is 7.72. The third-order valence-corrected chi connectivity index (χ3v) is 4.52. The number of nitrogens with one attached hydrogen (secondary N) is 1. The summed E-state index contributed by atoms with van der Waals surface area (Å²) in [4.78, 5) is 12.9. The highest BCUT2D eigenvalue weighted by Crippen LogP contribution is 2.24. The van der Waals surface area contributed by atoms with E-state index in [1.54, 1.807) is 20.3 Å². The first-order chi connectivity index (χ1) is 12.2. The van der Waals surface area contributed by atoms with E-state index in [4.69, 9.17) is 9.47 Å². The number of ether oxygens (including phenoxy) is 2. The van der Waals surface area contributed by atoms with E-state index in [1.807, 2.05) is 48.5 Å². The predicted octanol–water partition coefficient (Wildman–Crippen LogP) is 3.76. The van der Waals surface area contributed by atoms with Crippen LogP contribution in [0.15, 0.2) is 54.6 Å². The molecule has 1 amide bonds. The van der Waals surface area contributed by atoms with E-state index in [9.17, 15) is 4.79 Å². The summed E-state index contributed by atoms with van der Waals surface area (Å²) in [6.45, 7) is 0.457. The minimum Gasteiger partial charge on any atom is -0.497 e. The summed E-state index contributed by atoms with van der Waals surface area (Å²) < 4.78 is 14.6. The van der Waals surface area contributed by atoms with Crippen molar-refractivity contribution in [3.8, 4) is 22.8 Å². The standard InChI is InChI=1S/C19H18N2O3S/c1-23-15-7-3-13(4-8-15)12-20-19(22)18-11-17(21-25-18)14-5-9-16(24-2)10-6-14/h3-11H,12H2,1-2H3,(H,20,22). The maximum absolute atomic E-state index is 12.3. The Labute approximate surface area is 150 Å². The summed E-state index contributed by atoms with van der Waals surface area (Å²) >= 11 is 1.19. The number of rotatable bonds is 6. The summed E-state index contributed by atoms with van der Waals surface area (Å²) in [5.41, 5.74) is 2.74. The van der Waals surface area contributed by atoms with Gasteiger partial charge in [0.2, 0.25) is 0 Å². The van der Waals surface area contributed by atoms with Crippen LogP contribution in [0.2, 0.25) is 0 Å². The molecule has 1 aromatic heterocycles. The van der Waals surface area contributed by atoms with E-state index < -0.39 is 0 Å². The summed E-state index contributed by atoms with van der Waals surface area (Å²) in [6.07, 6.45) is 0. The maximum Gasteiger partial charge on any atom is 0.263 e. The van der Waals surface area contributed by atoms with Gasteiger partial charge in [0, 0.05) is 12.1 Å². The Hall–Kier alpha value is -2.86. The fourth-order valence-electron chi connectivity index (χ4n) is 2.29. The number of benzene rings is 2. The number of aromatic nitrogens is 1. The fourth-order valence-corrected chi connectivity index (χ4v) is 2.97. The second-order valence-electron chi connectivity index (χ2n) is 5.34. The summed E-state index contributed by atoms with van der Waals surface area (Å²) in [6, 6.07) is 17.0. The van der Waals surface area contributed by atoms with Gasteiger partial charge in [-0.05, 0) is 59.6 Å². The zero-order valence-corrected chi connectivity index (χ0v) is 14.8. The number of hydrogen-bond donors (Lipinski definition) is 1. The number of carbonyl (C=O) groups is 1. The lowest BCUT2D eigenvalue weighted by atomic mass is 10.1. The zero-order valence-electron chi connectivity index (χ0n) is 14.0. The summed E-state index contributed by atoms with van der Waals surface area (Å²) in [5, 5.41) is 2.91. The number of amides is 1. The van der Waals surface area contributed by atoms with Crippen LogP contribution in [0.3, 0.4) is 0 Å². The molecule has 0 unspecified atom stereocenters. The van der Waals surface area contributed by atoms with E-state index in [0.29, 0.717) is 11.4 Å². The predicted molar refractivity (Wildman–Crippen MR) is 98.3 cm³/mol. The molecule has 1 heterocycles. The molecule has 3 aromatic rings. The number of carbonyl (C=O) groups excluding carboxylic acids is 1. The molecule has 0 atom stereocenters. The van der Waals surface area contributed by atoms with Crippen LogP contribution >= 0.6 is 11.5 Å². The van der Waals surface area contributed by atoms with Crippen LogP contribution in [0.5, 0.6) is 11.5 Å². The molecule has 0 saturated heterocycles. The van der Waals surface area contributed by atoms with Gasteiger partial charge in [-0.25, -0.2) is 0 Å². The Bertz CT molecular complexity index is 842. The van der Waals surface area contributed by atoms with Gasteiger partial charge in [0.25, 0.3) is 5.91 Å². The fraction of sp³-hybridized carbons (Fsp3) is 0.158. The van der Waals surface area contributed by atoms with Crippen molar-refractivity contribution in [3.05, 3.63) is 65.0 Å². The van der Waals surface area contributed by atoms with Crippen molar-refractivity contribution in [2.45, 2.75) is 6.54 Å². The smallest absolute Gasteiger partial charge is 0.263 e.